The summed E-state index contributed by atoms with van der Waals surface area (Å²) in [7, 11) is 2.05. The van der Waals surface area contributed by atoms with Gasteiger partial charge in [-0.05, 0) is 56.4 Å². The SMILES string of the molecule is CCN1C(=O)N(CCCc2cccnc2)C(=O)C12CCN(Cc1nc3ccccc3n1C)CC2. The number of amides is 3. The summed E-state index contributed by atoms with van der Waals surface area (Å²) in [6.45, 7) is 5.25. The second kappa shape index (κ2) is 9.18. The average molecular weight is 461 g/mol. The van der Waals surface area contributed by atoms with E-state index in [9.17, 15) is 9.59 Å². The molecule has 0 saturated carbocycles. The Hall–Kier alpha value is -3.26. The van der Waals surface area contributed by atoms with Crippen LogP contribution in [0.4, 0.5) is 4.79 Å². The van der Waals surface area contributed by atoms with Crippen LogP contribution in [-0.4, -0.2) is 72.9 Å². The molecule has 0 N–H and O–H groups in total. The van der Waals surface area contributed by atoms with Crippen molar-refractivity contribution in [1.82, 2.24) is 29.2 Å². The predicted octanol–water partition coefficient (Wildman–Crippen LogP) is 3.22. The highest BCUT2D eigenvalue weighted by molar-refractivity contribution is 6.07. The molecule has 0 bridgehead atoms. The fraction of sp³-hybridized carbons (Fsp3) is 0.462. The molecule has 0 radical (unpaired) electrons. The Balaban J connectivity index is 1.24. The minimum atomic E-state index is -0.705. The van der Waals surface area contributed by atoms with Gasteiger partial charge in [0.2, 0.25) is 0 Å². The molecule has 0 unspecified atom stereocenters. The maximum Gasteiger partial charge on any atom is 0.327 e. The van der Waals surface area contributed by atoms with Crippen molar-refractivity contribution >= 4 is 23.0 Å². The van der Waals surface area contributed by atoms with Crippen LogP contribution in [0, 0.1) is 0 Å². The van der Waals surface area contributed by atoms with Crippen LogP contribution in [0.5, 0.6) is 0 Å². The summed E-state index contributed by atoms with van der Waals surface area (Å²) < 4.78 is 2.15. The molecule has 178 valence electrons. The van der Waals surface area contributed by atoms with E-state index in [1.165, 1.54) is 4.90 Å². The summed E-state index contributed by atoms with van der Waals surface area (Å²) in [5.41, 5.74) is 2.55. The molecule has 8 heteroatoms. The molecule has 1 aromatic carbocycles. The fourth-order valence-electron chi connectivity index (χ4n) is 5.51. The Morgan fingerprint density at radius 1 is 1.06 bits per heavy atom. The lowest BCUT2D eigenvalue weighted by Crippen LogP contribution is -2.56. The van der Waals surface area contributed by atoms with Gasteiger partial charge in [0, 0.05) is 45.6 Å². The largest absolute Gasteiger partial charge is 0.330 e. The lowest BCUT2D eigenvalue weighted by atomic mass is 9.85. The second-order valence-corrected chi connectivity index (χ2v) is 9.33. The third-order valence-corrected chi connectivity index (χ3v) is 7.44. The number of likely N-dealkylation sites (N-methyl/N-ethyl adjacent to an activating group) is 1. The number of rotatable bonds is 7. The number of likely N-dealkylation sites (tertiary alicyclic amines) is 1. The van der Waals surface area contributed by atoms with Crippen molar-refractivity contribution in [2.45, 2.75) is 44.7 Å². The van der Waals surface area contributed by atoms with E-state index >= 15 is 0 Å². The lowest BCUT2D eigenvalue weighted by molar-refractivity contribution is -0.135. The third-order valence-electron chi connectivity index (χ3n) is 7.44. The molecular formula is C26H32N6O2. The van der Waals surface area contributed by atoms with Crippen LogP contribution < -0.4 is 0 Å². The molecule has 0 aliphatic carbocycles. The molecule has 3 amide bonds. The van der Waals surface area contributed by atoms with E-state index < -0.39 is 5.54 Å². The molecule has 2 aliphatic heterocycles. The Morgan fingerprint density at radius 3 is 2.56 bits per heavy atom. The highest BCUT2D eigenvalue weighted by Gasteiger charge is 2.57. The van der Waals surface area contributed by atoms with E-state index in [0.717, 1.165) is 54.9 Å². The van der Waals surface area contributed by atoms with Crippen molar-refractivity contribution < 1.29 is 9.59 Å². The van der Waals surface area contributed by atoms with Gasteiger partial charge in [-0.1, -0.05) is 18.2 Å². The first-order chi connectivity index (χ1) is 16.5. The van der Waals surface area contributed by atoms with Gasteiger partial charge in [0.15, 0.2) is 0 Å². The number of hydrogen-bond acceptors (Lipinski definition) is 5. The number of benzene rings is 1. The van der Waals surface area contributed by atoms with Crippen molar-refractivity contribution in [3.8, 4) is 0 Å². The first kappa shape index (κ1) is 22.5. The zero-order valence-corrected chi connectivity index (χ0v) is 20.0. The van der Waals surface area contributed by atoms with Crippen LogP contribution in [0.1, 0.15) is 37.6 Å². The molecule has 34 heavy (non-hydrogen) atoms. The first-order valence-corrected chi connectivity index (χ1v) is 12.2. The number of imide groups is 1. The first-order valence-electron chi connectivity index (χ1n) is 12.2. The highest BCUT2D eigenvalue weighted by Crippen LogP contribution is 2.37. The third kappa shape index (κ3) is 3.86. The van der Waals surface area contributed by atoms with Crippen LogP contribution >= 0.6 is 0 Å². The topological polar surface area (TPSA) is 74.6 Å². The number of hydrogen-bond donors (Lipinski definition) is 0. The highest BCUT2D eigenvalue weighted by atomic mass is 16.2. The summed E-state index contributed by atoms with van der Waals surface area (Å²) >= 11 is 0. The maximum absolute atomic E-state index is 13.6. The van der Waals surface area contributed by atoms with Gasteiger partial charge in [0.25, 0.3) is 5.91 Å². The number of para-hydroxylation sites is 2. The minimum absolute atomic E-state index is 0.0204. The number of piperidine rings is 1. The Kier molecular flexibility index (Phi) is 6.08. The zero-order chi connectivity index (χ0) is 23.7. The molecule has 8 nitrogen and oxygen atoms in total. The van der Waals surface area contributed by atoms with E-state index in [0.29, 0.717) is 25.9 Å². The van der Waals surface area contributed by atoms with Gasteiger partial charge in [-0.2, -0.15) is 0 Å². The number of carbonyl (C=O) groups excluding carboxylic acids is 2. The maximum atomic E-state index is 13.6. The summed E-state index contributed by atoms with van der Waals surface area (Å²) in [4.78, 5) is 41.3. The van der Waals surface area contributed by atoms with E-state index in [1.54, 1.807) is 6.20 Å². The Labute approximate surface area is 200 Å². The van der Waals surface area contributed by atoms with Crippen LogP contribution in [-0.2, 0) is 24.8 Å². The minimum Gasteiger partial charge on any atom is -0.330 e. The Bertz CT molecular complexity index is 1180. The molecule has 1 spiro atoms. The van der Waals surface area contributed by atoms with Gasteiger partial charge < -0.3 is 9.47 Å². The number of aryl methyl sites for hydroxylation is 2. The molecular weight excluding hydrogens is 428 g/mol. The van der Waals surface area contributed by atoms with Crippen molar-refractivity contribution in [3.05, 3.63) is 60.2 Å². The smallest absolute Gasteiger partial charge is 0.327 e. The molecule has 3 aromatic rings. The van der Waals surface area contributed by atoms with Crippen molar-refractivity contribution in [1.29, 1.82) is 0 Å². The molecule has 2 fully saturated rings. The van der Waals surface area contributed by atoms with Gasteiger partial charge in [0.05, 0.1) is 17.6 Å². The monoisotopic (exact) mass is 460 g/mol. The number of aromatic nitrogens is 3. The van der Waals surface area contributed by atoms with Gasteiger partial charge in [-0.15, -0.1) is 0 Å². The fourth-order valence-corrected chi connectivity index (χ4v) is 5.51. The molecule has 5 rings (SSSR count). The van der Waals surface area contributed by atoms with Gasteiger partial charge in [-0.3, -0.25) is 19.6 Å². The lowest BCUT2D eigenvalue weighted by Gasteiger charge is -2.41. The van der Waals surface area contributed by atoms with Gasteiger partial charge in [0.1, 0.15) is 11.4 Å². The van der Waals surface area contributed by atoms with Crippen LogP contribution in [0.2, 0.25) is 0 Å². The molecule has 2 aliphatic rings. The molecule has 4 heterocycles. The summed E-state index contributed by atoms with van der Waals surface area (Å²) in [5, 5.41) is 0. The standard InChI is InChI=1S/C26H32N6O2/c1-3-32-25(34)31(15-7-9-20-8-6-14-27-18-20)24(33)26(32)12-16-30(17-13-26)19-23-28-21-10-4-5-11-22(21)29(23)2/h4-6,8,10-11,14,18H,3,7,9,12-13,15-17,19H2,1-2H3. The number of urea groups is 1. The van der Waals surface area contributed by atoms with Crippen molar-refractivity contribution in [3.63, 3.8) is 0 Å². The molecule has 2 aromatic heterocycles. The number of imidazole rings is 1. The van der Waals surface area contributed by atoms with E-state index in [2.05, 4.69) is 27.6 Å². The average Bonchev–Trinajstić information content (AvgIpc) is 3.27. The number of pyridine rings is 1. The number of fused-ring (bicyclic) bond motifs is 1. The number of carbonyl (C=O) groups is 2. The Morgan fingerprint density at radius 2 is 1.85 bits per heavy atom. The van der Waals surface area contributed by atoms with Crippen LogP contribution in [0.3, 0.4) is 0 Å². The normalized spacial score (nSPS) is 18.5. The molecule has 0 atom stereocenters. The zero-order valence-electron chi connectivity index (χ0n) is 20.0. The summed E-state index contributed by atoms with van der Waals surface area (Å²) in [6.07, 6.45) is 6.46. The van der Waals surface area contributed by atoms with Crippen molar-refractivity contribution in [2.75, 3.05) is 26.2 Å². The van der Waals surface area contributed by atoms with E-state index in [1.807, 2.05) is 48.4 Å². The van der Waals surface area contributed by atoms with Crippen LogP contribution in [0.15, 0.2) is 48.8 Å². The summed E-state index contributed by atoms with van der Waals surface area (Å²) in [6, 6.07) is 12.0. The van der Waals surface area contributed by atoms with Gasteiger partial charge in [-0.25, -0.2) is 9.78 Å². The second-order valence-electron chi connectivity index (χ2n) is 9.33. The van der Waals surface area contributed by atoms with Gasteiger partial charge >= 0.3 is 6.03 Å². The molecule has 2 saturated heterocycles. The number of nitrogens with zero attached hydrogens (tertiary/aromatic N) is 6. The predicted molar refractivity (Wildman–Crippen MR) is 130 cm³/mol. The summed E-state index contributed by atoms with van der Waals surface area (Å²) in [5.74, 6) is 1.00. The van der Waals surface area contributed by atoms with E-state index in [-0.39, 0.29) is 11.9 Å². The quantitative estimate of drug-likeness (QED) is 0.506. The van der Waals surface area contributed by atoms with E-state index in [4.69, 9.17) is 4.98 Å². The van der Waals surface area contributed by atoms with Crippen LogP contribution in [0.25, 0.3) is 11.0 Å². The van der Waals surface area contributed by atoms with Crippen molar-refractivity contribution in [2.24, 2.45) is 7.05 Å².